The molecule has 2 aromatic carbocycles. The molecule has 0 unspecified atom stereocenters. The lowest BCUT2D eigenvalue weighted by Crippen LogP contribution is -2.61. The molecule has 7 heterocycles. The summed E-state index contributed by atoms with van der Waals surface area (Å²) in [6, 6.07) is 14.1. The van der Waals surface area contributed by atoms with Gasteiger partial charge in [0.1, 0.15) is 17.8 Å². The summed E-state index contributed by atoms with van der Waals surface area (Å²) in [6.45, 7) is 11.1. The highest BCUT2D eigenvalue weighted by Gasteiger charge is 2.46. The van der Waals surface area contributed by atoms with Crippen molar-refractivity contribution < 1.29 is 29.7 Å². The number of aromatic hydroxyl groups is 1. The Bertz CT molecular complexity index is 2720. The molecule has 0 bridgehead atoms. The SMILES string of the molecule is C#Cc1ccc([C@H](C)NC(=O)[C@@H]2C[C@@H](O)CN2C(=O)[C@@H](NC(=O)N2CCC(N3CCC(c4cnc(N5CCc6[nH]c7nnc(-c8ccccc8O)cc7c6[C@H]5C)nc4)CC3)CC2)C(C)(C)CCO)cc1. The van der Waals surface area contributed by atoms with E-state index in [1.165, 1.54) is 4.90 Å². The zero-order chi connectivity index (χ0) is 49.3. The van der Waals surface area contributed by atoms with Crippen LogP contribution in [0.3, 0.4) is 0 Å². The summed E-state index contributed by atoms with van der Waals surface area (Å²) in [5.74, 6) is 2.92. The van der Waals surface area contributed by atoms with Gasteiger partial charge in [0.05, 0.1) is 23.9 Å². The number of aromatic amines is 1. The number of fused-ring (bicyclic) bond motifs is 3. The van der Waals surface area contributed by atoms with Gasteiger partial charge in [0.15, 0.2) is 5.65 Å². The molecule has 17 heteroatoms. The number of aliphatic hydroxyl groups excluding tert-OH is 2. The maximum absolute atomic E-state index is 14.5. The van der Waals surface area contributed by atoms with Crippen LogP contribution in [0.15, 0.2) is 67.0 Å². The van der Waals surface area contributed by atoms with Gasteiger partial charge in [-0.2, -0.15) is 0 Å². The Balaban J connectivity index is 0.777. The number of benzene rings is 2. The van der Waals surface area contributed by atoms with Crippen LogP contribution in [0.5, 0.6) is 5.75 Å². The molecule has 3 fully saturated rings. The van der Waals surface area contributed by atoms with Crippen LogP contribution in [0.25, 0.3) is 22.3 Å². The van der Waals surface area contributed by atoms with Gasteiger partial charge >= 0.3 is 6.03 Å². The van der Waals surface area contributed by atoms with E-state index in [0.29, 0.717) is 42.3 Å². The number of H-pyrrole nitrogens is 1. The third kappa shape index (κ3) is 9.90. The number of piperidine rings is 2. The molecule has 0 radical (unpaired) electrons. The average Bonchev–Trinajstić information content (AvgIpc) is 3.96. The predicted octanol–water partition coefficient (Wildman–Crippen LogP) is 5.20. The first kappa shape index (κ1) is 48.4. The van der Waals surface area contributed by atoms with Gasteiger partial charge in [0.25, 0.3) is 0 Å². The van der Waals surface area contributed by atoms with Gasteiger partial charge in [-0.25, -0.2) is 14.8 Å². The highest BCUT2D eigenvalue weighted by Crippen LogP contribution is 2.39. The fourth-order valence-electron chi connectivity index (χ4n) is 11.1. The molecule has 0 aliphatic carbocycles. The standard InChI is InChI=1S/C53H65N11O6/c1-6-34-11-13-35(14-12-34)32(2)56-49(68)44-27-39(66)31-64(44)50(69)47(53(4,5)20-26-65)58-52(70)62-23-17-38(18-24-62)61-21-15-36(16-22-61)37-29-54-51(55-30-37)63-25-19-42-46(33(63)3)41-28-43(59-60-48(41)57-42)40-9-7-8-10-45(40)67/h1,7-14,28-30,32-33,36,38-39,44,47,65-67H,15-27,31H2,2-5H3,(H,56,68)(H,57,60)(H,58,70)/t32-,33+,39+,44-,47+/m0/s1. The summed E-state index contributed by atoms with van der Waals surface area (Å²) in [5, 5.41) is 47.1. The molecule has 17 nitrogen and oxygen atoms in total. The van der Waals surface area contributed by atoms with E-state index in [2.05, 4.69) is 48.5 Å². The van der Waals surface area contributed by atoms with Crippen molar-refractivity contribution in [1.82, 2.24) is 50.5 Å². The molecule has 4 aliphatic heterocycles. The number of phenolic OH excluding ortho intramolecular Hbond substituents is 1. The van der Waals surface area contributed by atoms with Gasteiger partial charge in [0, 0.05) is 91.8 Å². The summed E-state index contributed by atoms with van der Waals surface area (Å²) < 4.78 is 0. The van der Waals surface area contributed by atoms with Crippen molar-refractivity contribution in [1.29, 1.82) is 0 Å². The molecule has 5 aromatic rings. The van der Waals surface area contributed by atoms with E-state index >= 15 is 0 Å². The minimum atomic E-state index is -1.05. The molecule has 70 heavy (non-hydrogen) atoms. The van der Waals surface area contributed by atoms with Crippen LogP contribution in [-0.4, -0.2) is 143 Å². The van der Waals surface area contributed by atoms with Crippen LogP contribution in [-0.2, 0) is 16.0 Å². The number of phenols is 1. The van der Waals surface area contributed by atoms with E-state index in [-0.39, 0.29) is 49.9 Å². The largest absolute Gasteiger partial charge is 0.507 e. The Morgan fingerprint density at radius 2 is 1.67 bits per heavy atom. The smallest absolute Gasteiger partial charge is 0.318 e. The number of para-hydroxylation sites is 1. The zero-order valence-corrected chi connectivity index (χ0v) is 40.5. The van der Waals surface area contributed by atoms with Gasteiger partial charge in [-0.05, 0) is 112 Å². The molecular formula is C53H65N11O6. The topological polar surface area (TPSA) is 216 Å². The fraction of sp³-hybridized carbons (Fsp3) is 0.491. The lowest BCUT2D eigenvalue weighted by molar-refractivity contribution is -0.142. The monoisotopic (exact) mass is 952 g/mol. The van der Waals surface area contributed by atoms with Crippen LogP contribution in [0, 0.1) is 17.8 Å². The first-order valence-electron chi connectivity index (χ1n) is 24.7. The molecule has 4 amide bonds. The molecule has 368 valence electrons. The Morgan fingerprint density at radius 1 is 0.957 bits per heavy atom. The number of carbonyl (C=O) groups is 3. The number of amides is 4. The zero-order valence-electron chi connectivity index (χ0n) is 40.5. The van der Waals surface area contributed by atoms with Gasteiger partial charge in [-0.1, -0.05) is 44.0 Å². The Hall–Kier alpha value is -6.61. The molecule has 9 rings (SSSR count). The van der Waals surface area contributed by atoms with Crippen molar-refractivity contribution >= 4 is 34.8 Å². The number of β-amino-alcohol motifs (C(OH)–C–C–N with tert-alkyl or cyclic N) is 1. The van der Waals surface area contributed by atoms with E-state index < -0.39 is 35.4 Å². The number of aliphatic hydroxyl groups is 2. The minimum absolute atomic E-state index is 0.00926. The number of aromatic nitrogens is 5. The second-order valence-electron chi connectivity index (χ2n) is 20.2. The lowest BCUT2D eigenvalue weighted by Gasteiger charge is -2.43. The van der Waals surface area contributed by atoms with Crippen LogP contribution in [0.4, 0.5) is 10.7 Å². The number of nitrogens with one attached hydrogen (secondary N) is 3. The number of hydrogen-bond donors (Lipinski definition) is 6. The van der Waals surface area contributed by atoms with E-state index in [1.54, 1.807) is 29.2 Å². The van der Waals surface area contributed by atoms with E-state index in [4.69, 9.17) is 16.4 Å². The fourth-order valence-corrected chi connectivity index (χ4v) is 11.1. The maximum Gasteiger partial charge on any atom is 0.318 e. The second kappa shape index (κ2) is 20.4. The molecule has 3 aromatic heterocycles. The van der Waals surface area contributed by atoms with E-state index in [9.17, 15) is 29.7 Å². The summed E-state index contributed by atoms with van der Waals surface area (Å²) in [4.78, 5) is 63.4. The predicted molar refractivity (Wildman–Crippen MR) is 265 cm³/mol. The van der Waals surface area contributed by atoms with Crippen molar-refractivity contribution in [2.24, 2.45) is 5.41 Å². The third-order valence-electron chi connectivity index (χ3n) is 15.4. The molecule has 0 saturated carbocycles. The van der Waals surface area contributed by atoms with Crippen molar-refractivity contribution in [2.45, 2.75) is 115 Å². The molecule has 4 aliphatic rings. The molecule has 0 spiro atoms. The highest BCUT2D eigenvalue weighted by molar-refractivity contribution is 5.93. The van der Waals surface area contributed by atoms with E-state index in [1.807, 2.05) is 63.5 Å². The Kier molecular flexibility index (Phi) is 14.1. The minimum Gasteiger partial charge on any atom is -0.507 e. The van der Waals surface area contributed by atoms with Crippen LogP contribution >= 0.6 is 0 Å². The normalized spacial score (nSPS) is 21.3. The molecule has 6 N–H and O–H groups in total. The summed E-state index contributed by atoms with van der Waals surface area (Å²) in [7, 11) is 0. The molecule has 3 saturated heterocycles. The maximum atomic E-state index is 14.5. The number of likely N-dealkylation sites (tertiary alicyclic amines) is 3. The summed E-state index contributed by atoms with van der Waals surface area (Å²) in [5.41, 5.74) is 6.10. The van der Waals surface area contributed by atoms with Crippen LogP contribution in [0.1, 0.15) is 112 Å². The number of hydrogen-bond acceptors (Lipinski definition) is 12. The van der Waals surface area contributed by atoms with E-state index in [0.717, 1.165) is 90.7 Å². The van der Waals surface area contributed by atoms with Crippen molar-refractivity contribution in [2.75, 3.05) is 50.8 Å². The first-order chi connectivity index (χ1) is 33.7. The van der Waals surface area contributed by atoms with Crippen LogP contribution < -0.4 is 15.5 Å². The Morgan fingerprint density at radius 3 is 2.36 bits per heavy atom. The number of nitrogens with zero attached hydrogens (tertiary/aromatic N) is 8. The van der Waals surface area contributed by atoms with Crippen LogP contribution in [0.2, 0.25) is 0 Å². The highest BCUT2D eigenvalue weighted by atomic mass is 16.3. The van der Waals surface area contributed by atoms with Crippen molar-refractivity contribution in [3.8, 4) is 29.4 Å². The summed E-state index contributed by atoms with van der Waals surface area (Å²) in [6.07, 6.45) is 13.2. The number of terminal acetylenes is 1. The molecule has 5 atom stereocenters. The lowest BCUT2D eigenvalue weighted by atomic mass is 9.80. The van der Waals surface area contributed by atoms with Crippen molar-refractivity contribution in [3.63, 3.8) is 0 Å². The van der Waals surface area contributed by atoms with Gasteiger partial charge in [-0.3, -0.25) is 9.59 Å². The second-order valence-corrected chi connectivity index (χ2v) is 20.2. The quantitative estimate of drug-likeness (QED) is 0.0891. The summed E-state index contributed by atoms with van der Waals surface area (Å²) >= 11 is 0. The Labute approximate surface area is 409 Å². The number of carbonyl (C=O) groups excluding carboxylic acids is 3. The molecular weight excluding hydrogens is 887 g/mol. The number of rotatable bonds is 12. The number of anilines is 1. The van der Waals surface area contributed by atoms with Crippen molar-refractivity contribution in [3.05, 3.63) is 94.9 Å². The first-order valence-corrected chi connectivity index (χ1v) is 24.7. The average molecular weight is 952 g/mol. The third-order valence-corrected chi connectivity index (χ3v) is 15.4. The number of urea groups is 1. The van der Waals surface area contributed by atoms with Gasteiger partial charge < -0.3 is 50.5 Å². The van der Waals surface area contributed by atoms with Gasteiger partial charge in [-0.15, -0.1) is 16.6 Å². The van der Waals surface area contributed by atoms with Gasteiger partial charge in [0.2, 0.25) is 17.8 Å².